The Labute approximate surface area is 124 Å². The highest BCUT2D eigenvalue weighted by Crippen LogP contribution is 2.34. The number of benzene rings is 2. The van der Waals surface area contributed by atoms with Crippen LogP contribution in [0.15, 0.2) is 36.4 Å². The van der Waals surface area contributed by atoms with Crippen LogP contribution in [-0.2, 0) is 6.54 Å². The average molecular weight is 285 g/mol. The van der Waals surface area contributed by atoms with Crippen LogP contribution in [0.25, 0.3) is 11.1 Å². The number of nitrogens with zero attached hydrogens (tertiary/aromatic N) is 1. The standard InChI is InChI=1S/C17H19NO3/c1-18(2)10-12-5-4-6-13(7-12)14-8-15(11-19)17(20)16(9-14)21-3/h4-9,11,20H,10H2,1-3H3. The van der Waals surface area contributed by atoms with Crippen molar-refractivity contribution in [2.24, 2.45) is 0 Å². The lowest BCUT2D eigenvalue weighted by Crippen LogP contribution is -2.10. The van der Waals surface area contributed by atoms with Crippen LogP contribution in [0.1, 0.15) is 15.9 Å². The van der Waals surface area contributed by atoms with Crippen LogP contribution in [0.4, 0.5) is 0 Å². The minimum atomic E-state index is -0.124. The molecule has 0 aliphatic rings. The van der Waals surface area contributed by atoms with Crippen LogP contribution in [0.2, 0.25) is 0 Å². The van der Waals surface area contributed by atoms with Crippen LogP contribution in [0.5, 0.6) is 11.5 Å². The molecule has 0 spiro atoms. The van der Waals surface area contributed by atoms with Crippen LogP contribution in [0, 0.1) is 0 Å². The molecule has 0 aromatic heterocycles. The third-order valence-electron chi connectivity index (χ3n) is 3.21. The van der Waals surface area contributed by atoms with Crippen LogP contribution in [0.3, 0.4) is 0 Å². The number of aldehydes is 1. The molecule has 2 rings (SSSR count). The number of hydrogen-bond acceptors (Lipinski definition) is 4. The normalized spacial score (nSPS) is 10.7. The minimum Gasteiger partial charge on any atom is -0.504 e. The van der Waals surface area contributed by atoms with Gasteiger partial charge in [0.25, 0.3) is 0 Å². The number of methoxy groups -OCH3 is 1. The summed E-state index contributed by atoms with van der Waals surface area (Å²) in [5.74, 6) is 0.174. The molecule has 0 saturated carbocycles. The van der Waals surface area contributed by atoms with Gasteiger partial charge in [0, 0.05) is 6.54 Å². The van der Waals surface area contributed by atoms with Crippen molar-refractivity contribution >= 4 is 6.29 Å². The zero-order chi connectivity index (χ0) is 15.4. The Morgan fingerprint density at radius 2 is 1.95 bits per heavy atom. The highest BCUT2D eigenvalue weighted by Gasteiger charge is 2.11. The van der Waals surface area contributed by atoms with Gasteiger partial charge in [0.05, 0.1) is 12.7 Å². The summed E-state index contributed by atoms with van der Waals surface area (Å²) in [6.45, 7) is 0.837. The lowest BCUT2D eigenvalue weighted by molar-refractivity contribution is 0.112. The summed E-state index contributed by atoms with van der Waals surface area (Å²) in [5, 5.41) is 9.87. The molecule has 0 radical (unpaired) electrons. The van der Waals surface area contributed by atoms with Gasteiger partial charge in [-0.25, -0.2) is 0 Å². The van der Waals surface area contributed by atoms with Gasteiger partial charge in [-0.3, -0.25) is 4.79 Å². The highest BCUT2D eigenvalue weighted by molar-refractivity contribution is 5.85. The highest BCUT2D eigenvalue weighted by atomic mass is 16.5. The predicted octanol–water partition coefficient (Wildman–Crippen LogP) is 2.94. The number of rotatable bonds is 5. The fourth-order valence-electron chi connectivity index (χ4n) is 2.26. The summed E-state index contributed by atoms with van der Waals surface area (Å²) >= 11 is 0. The van der Waals surface area contributed by atoms with E-state index in [1.54, 1.807) is 12.1 Å². The van der Waals surface area contributed by atoms with E-state index >= 15 is 0 Å². The second kappa shape index (κ2) is 6.41. The average Bonchev–Trinajstić information content (AvgIpc) is 2.47. The third kappa shape index (κ3) is 3.41. The van der Waals surface area contributed by atoms with E-state index in [-0.39, 0.29) is 11.3 Å². The van der Waals surface area contributed by atoms with Gasteiger partial charge in [-0.2, -0.15) is 0 Å². The van der Waals surface area contributed by atoms with Crippen molar-refractivity contribution in [2.75, 3.05) is 21.2 Å². The fourth-order valence-corrected chi connectivity index (χ4v) is 2.26. The first kappa shape index (κ1) is 15.1. The SMILES string of the molecule is COc1cc(-c2cccc(CN(C)C)c2)cc(C=O)c1O. The Balaban J connectivity index is 2.48. The molecule has 0 saturated heterocycles. The van der Waals surface area contributed by atoms with E-state index in [0.29, 0.717) is 12.0 Å². The fraction of sp³-hybridized carbons (Fsp3) is 0.235. The topological polar surface area (TPSA) is 49.8 Å². The molecule has 0 fully saturated rings. The molecular weight excluding hydrogens is 266 g/mol. The number of hydrogen-bond donors (Lipinski definition) is 1. The van der Waals surface area contributed by atoms with Crippen LogP contribution in [-0.4, -0.2) is 37.5 Å². The molecule has 4 nitrogen and oxygen atoms in total. The first-order valence-electron chi connectivity index (χ1n) is 6.65. The van der Waals surface area contributed by atoms with Gasteiger partial charge >= 0.3 is 0 Å². The summed E-state index contributed by atoms with van der Waals surface area (Å²) in [6.07, 6.45) is 0.630. The monoisotopic (exact) mass is 285 g/mol. The zero-order valence-corrected chi connectivity index (χ0v) is 12.5. The molecule has 21 heavy (non-hydrogen) atoms. The van der Waals surface area contributed by atoms with E-state index < -0.39 is 0 Å². The molecule has 0 aliphatic heterocycles. The minimum absolute atomic E-state index is 0.124. The van der Waals surface area contributed by atoms with Crippen molar-refractivity contribution in [1.82, 2.24) is 4.90 Å². The zero-order valence-electron chi connectivity index (χ0n) is 12.5. The molecule has 110 valence electrons. The molecule has 0 atom stereocenters. The number of phenolic OH excluding ortho intramolecular Hbond substituents is 1. The van der Waals surface area contributed by atoms with Crippen molar-refractivity contribution in [2.45, 2.75) is 6.54 Å². The van der Waals surface area contributed by atoms with E-state index in [1.807, 2.05) is 26.2 Å². The third-order valence-corrected chi connectivity index (χ3v) is 3.21. The molecule has 0 unspecified atom stereocenters. The number of carbonyl (C=O) groups excluding carboxylic acids is 1. The summed E-state index contributed by atoms with van der Waals surface area (Å²) < 4.78 is 5.13. The van der Waals surface area contributed by atoms with Crippen molar-refractivity contribution in [1.29, 1.82) is 0 Å². The van der Waals surface area contributed by atoms with Gasteiger partial charge in [0.15, 0.2) is 17.8 Å². The maximum atomic E-state index is 11.1. The molecule has 4 heteroatoms. The summed E-state index contributed by atoms with van der Waals surface area (Å²) in [6, 6.07) is 11.5. The van der Waals surface area contributed by atoms with Gasteiger partial charge in [-0.1, -0.05) is 18.2 Å². The first-order valence-corrected chi connectivity index (χ1v) is 6.65. The molecule has 0 heterocycles. The number of aromatic hydroxyl groups is 1. The number of ether oxygens (including phenoxy) is 1. The Morgan fingerprint density at radius 3 is 2.57 bits per heavy atom. The van der Waals surface area contributed by atoms with Gasteiger partial charge in [0.2, 0.25) is 0 Å². The van der Waals surface area contributed by atoms with Gasteiger partial charge in [0.1, 0.15) is 0 Å². The van der Waals surface area contributed by atoms with E-state index in [0.717, 1.165) is 17.7 Å². The smallest absolute Gasteiger partial charge is 0.168 e. The molecule has 1 N–H and O–H groups in total. The second-order valence-corrected chi connectivity index (χ2v) is 5.17. The van der Waals surface area contributed by atoms with Crippen molar-refractivity contribution in [3.63, 3.8) is 0 Å². The molecule has 0 aliphatic carbocycles. The molecule has 2 aromatic rings. The van der Waals surface area contributed by atoms with Gasteiger partial charge < -0.3 is 14.7 Å². The van der Waals surface area contributed by atoms with Crippen molar-refractivity contribution in [3.05, 3.63) is 47.5 Å². The first-order chi connectivity index (χ1) is 10.0. The van der Waals surface area contributed by atoms with E-state index in [2.05, 4.69) is 17.0 Å². The Morgan fingerprint density at radius 1 is 1.19 bits per heavy atom. The summed E-state index contributed by atoms with van der Waals surface area (Å²) in [7, 11) is 5.50. The molecule has 0 amide bonds. The van der Waals surface area contributed by atoms with Crippen molar-refractivity contribution < 1.29 is 14.6 Å². The number of carbonyl (C=O) groups is 1. The Hall–Kier alpha value is -2.33. The molecule has 2 aromatic carbocycles. The Bertz CT molecular complexity index is 650. The van der Waals surface area contributed by atoms with E-state index in [1.165, 1.54) is 12.7 Å². The van der Waals surface area contributed by atoms with Gasteiger partial charge in [-0.05, 0) is 49.0 Å². The lowest BCUT2D eigenvalue weighted by Gasteiger charge is -2.12. The summed E-state index contributed by atoms with van der Waals surface area (Å²) in [4.78, 5) is 13.2. The summed E-state index contributed by atoms with van der Waals surface area (Å²) in [5.41, 5.74) is 3.22. The van der Waals surface area contributed by atoms with Crippen LogP contribution < -0.4 is 4.74 Å². The number of phenols is 1. The van der Waals surface area contributed by atoms with Crippen molar-refractivity contribution in [3.8, 4) is 22.6 Å². The largest absolute Gasteiger partial charge is 0.504 e. The Kier molecular flexibility index (Phi) is 4.60. The van der Waals surface area contributed by atoms with Crippen LogP contribution >= 0.6 is 0 Å². The quantitative estimate of drug-likeness (QED) is 0.858. The maximum absolute atomic E-state index is 11.1. The van der Waals surface area contributed by atoms with E-state index in [4.69, 9.17) is 4.74 Å². The molecular formula is C17H19NO3. The predicted molar refractivity (Wildman–Crippen MR) is 82.9 cm³/mol. The van der Waals surface area contributed by atoms with E-state index in [9.17, 15) is 9.90 Å². The molecule has 0 bridgehead atoms. The van der Waals surface area contributed by atoms with Gasteiger partial charge in [-0.15, -0.1) is 0 Å². The second-order valence-electron chi connectivity index (χ2n) is 5.17. The lowest BCUT2D eigenvalue weighted by atomic mass is 10.00. The maximum Gasteiger partial charge on any atom is 0.168 e.